The fourth-order valence-electron chi connectivity index (χ4n) is 4.81. The molecule has 0 saturated carbocycles. The number of ether oxygens (including phenoxy) is 6. The fraction of sp³-hybridized carbons (Fsp3) is 0.409. The number of aliphatic hydroxyl groups excluding tert-OH is 1. The first-order chi connectivity index (χ1) is 14.6. The second-order valence-corrected chi connectivity index (χ2v) is 7.54. The van der Waals surface area contributed by atoms with Gasteiger partial charge in [-0.25, -0.2) is 0 Å². The highest BCUT2D eigenvalue weighted by Gasteiger charge is 2.52. The SMILES string of the molecule is COc1cc([C@@H]2c3cc4c(cc3[C@H](O)C3COC(=O)[C@@H]32)OCO4)cc(OC)c1OC. The van der Waals surface area contributed by atoms with Gasteiger partial charge >= 0.3 is 5.97 Å². The molecule has 0 aromatic heterocycles. The first-order valence-electron chi connectivity index (χ1n) is 9.65. The van der Waals surface area contributed by atoms with Gasteiger partial charge in [-0.15, -0.1) is 0 Å². The Labute approximate surface area is 173 Å². The number of rotatable bonds is 4. The van der Waals surface area contributed by atoms with Crippen LogP contribution in [0.25, 0.3) is 0 Å². The van der Waals surface area contributed by atoms with Gasteiger partial charge in [0, 0.05) is 11.8 Å². The zero-order valence-corrected chi connectivity index (χ0v) is 16.8. The normalized spacial score (nSPS) is 25.9. The van der Waals surface area contributed by atoms with Crippen molar-refractivity contribution in [2.45, 2.75) is 12.0 Å². The standard InChI is InChI=1S/C22H22O8/c1-25-16-4-10(5-17(26-2)21(16)27-3)18-11-6-14-15(30-9-29-14)7-12(11)20(23)13-8-28-22(24)19(13)18/h4-7,13,18-20,23H,8-9H2,1-3H3/t13?,18-,19+,20+/m1/s1. The van der Waals surface area contributed by atoms with E-state index < -0.39 is 12.0 Å². The predicted molar refractivity (Wildman–Crippen MR) is 103 cm³/mol. The summed E-state index contributed by atoms with van der Waals surface area (Å²) in [6.07, 6.45) is -0.843. The second kappa shape index (κ2) is 6.98. The van der Waals surface area contributed by atoms with Gasteiger partial charge < -0.3 is 33.5 Å². The van der Waals surface area contributed by atoms with E-state index in [1.54, 1.807) is 20.3 Å². The van der Waals surface area contributed by atoms with Gasteiger partial charge in [-0.2, -0.15) is 0 Å². The molecule has 4 atom stereocenters. The van der Waals surface area contributed by atoms with E-state index in [2.05, 4.69) is 0 Å². The van der Waals surface area contributed by atoms with Crippen LogP contribution in [0.5, 0.6) is 28.7 Å². The molecule has 2 aliphatic heterocycles. The number of methoxy groups -OCH3 is 3. The minimum absolute atomic E-state index is 0.123. The molecule has 158 valence electrons. The van der Waals surface area contributed by atoms with Crippen LogP contribution in [0.4, 0.5) is 0 Å². The number of carbonyl (C=O) groups is 1. The molecule has 1 unspecified atom stereocenters. The summed E-state index contributed by atoms with van der Waals surface area (Å²) in [7, 11) is 4.63. The van der Waals surface area contributed by atoms with Crippen molar-refractivity contribution in [3.8, 4) is 28.7 Å². The molecular formula is C22H22O8. The van der Waals surface area contributed by atoms with Gasteiger partial charge in [0.1, 0.15) is 0 Å². The third kappa shape index (κ3) is 2.60. The van der Waals surface area contributed by atoms with Gasteiger partial charge in [-0.05, 0) is 41.0 Å². The molecule has 0 bridgehead atoms. The number of hydrogen-bond acceptors (Lipinski definition) is 8. The van der Waals surface area contributed by atoms with Crippen LogP contribution in [-0.2, 0) is 9.53 Å². The average Bonchev–Trinajstić information content (AvgIpc) is 3.38. The summed E-state index contributed by atoms with van der Waals surface area (Å²) in [4.78, 5) is 12.7. The van der Waals surface area contributed by atoms with Crippen molar-refractivity contribution in [1.29, 1.82) is 0 Å². The van der Waals surface area contributed by atoms with Crippen LogP contribution in [0.15, 0.2) is 24.3 Å². The van der Waals surface area contributed by atoms with E-state index in [1.165, 1.54) is 7.11 Å². The van der Waals surface area contributed by atoms with Gasteiger partial charge in [0.2, 0.25) is 12.5 Å². The van der Waals surface area contributed by atoms with Crippen LogP contribution < -0.4 is 23.7 Å². The van der Waals surface area contributed by atoms with Crippen LogP contribution in [0.3, 0.4) is 0 Å². The predicted octanol–water partition coefficient (Wildman–Crippen LogP) is 2.41. The molecule has 1 fully saturated rings. The van der Waals surface area contributed by atoms with Crippen LogP contribution in [0.2, 0.25) is 0 Å². The molecule has 30 heavy (non-hydrogen) atoms. The molecule has 2 heterocycles. The molecule has 8 heteroatoms. The molecule has 0 spiro atoms. The van der Waals surface area contributed by atoms with E-state index in [4.69, 9.17) is 28.4 Å². The Hall–Kier alpha value is -3.13. The minimum Gasteiger partial charge on any atom is -0.493 e. The minimum atomic E-state index is -0.843. The highest BCUT2D eigenvalue weighted by Crippen LogP contribution is 2.55. The Balaban J connectivity index is 1.74. The molecule has 2 aromatic carbocycles. The van der Waals surface area contributed by atoms with E-state index in [1.807, 2.05) is 18.2 Å². The topological polar surface area (TPSA) is 92.7 Å². The van der Waals surface area contributed by atoms with Gasteiger partial charge in [-0.1, -0.05) is 0 Å². The van der Waals surface area contributed by atoms with Crippen molar-refractivity contribution in [3.05, 3.63) is 41.0 Å². The van der Waals surface area contributed by atoms with Crippen LogP contribution in [0, 0.1) is 11.8 Å². The number of aliphatic hydroxyl groups is 1. The van der Waals surface area contributed by atoms with E-state index in [0.29, 0.717) is 34.3 Å². The lowest BCUT2D eigenvalue weighted by Gasteiger charge is -2.37. The summed E-state index contributed by atoms with van der Waals surface area (Å²) in [5, 5.41) is 11.0. The fourth-order valence-corrected chi connectivity index (χ4v) is 4.81. The number of cyclic esters (lactones) is 1. The highest BCUT2D eigenvalue weighted by atomic mass is 16.7. The highest BCUT2D eigenvalue weighted by molar-refractivity contribution is 5.79. The Morgan fingerprint density at radius 2 is 1.53 bits per heavy atom. The maximum atomic E-state index is 12.7. The van der Waals surface area contributed by atoms with Crippen LogP contribution in [0.1, 0.15) is 28.7 Å². The summed E-state index contributed by atoms with van der Waals surface area (Å²) in [5.41, 5.74) is 2.30. The number of benzene rings is 2. The first kappa shape index (κ1) is 18.9. The maximum Gasteiger partial charge on any atom is 0.310 e. The summed E-state index contributed by atoms with van der Waals surface area (Å²) in [5.74, 6) is 0.989. The first-order valence-corrected chi connectivity index (χ1v) is 9.65. The lowest BCUT2D eigenvalue weighted by Crippen LogP contribution is -2.34. The van der Waals surface area contributed by atoms with Gasteiger partial charge in [0.15, 0.2) is 23.0 Å². The summed E-state index contributed by atoms with van der Waals surface area (Å²) < 4.78 is 32.9. The average molecular weight is 414 g/mol. The van der Waals surface area contributed by atoms with Crippen molar-refractivity contribution < 1.29 is 38.3 Å². The quantitative estimate of drug-likeness (QED) is 0.763. The largest absolute Gasteiger partial charge is 0.493 e. The second-order valence-electron chi connectivity index (χ2n) is 7.54. The Morgan fingerprint density at radius 1 is 0.900 bits per heavy atom. The summed E-state index contributed by atoms with van der Waals surface area (Å²) >= 11 is 0. The lowest BCUT2D eigenvalue weighted by molar-refractivity contribution is -0.141. The van der Waals surface area contributed by atoms with Crippen molar-refractivity contribution >= 4 is 5.97 Å². The number of fused-ring (bicyclic) bond motifs is 3. The number of hydrogen-bond donors (Lipinski definition) is 1. The molecule has 3 aliphatic rings. The van der Waals surface area contributed by atoms with E-state index >= 15 is 0 Å². The van der Waals surface area contributed by atoms with E-state index in [0.717, 1.165) is 11.1 Å². The van der Waals surface area contributed by atoms with Gasteiger partial charge in [-0.3, -0.25) is 4.79 Å². The molecule has 0 amide bonds. The zero-order valence-electron chi connectivity index (χ0n) is 16.8. The van der Waals surface area contributed by atoms with Crippen molar-refractivity contribution in [3.63, 3.8) is 0 Å². The lowest BCUT2D eigenvalue weighted by atomic mass is 9.66. The number of esters is 1. The van der Waals surface area contributed by atoms with E-state index in [-0.39, 0.29) is 31.2 Å². The smallest absolute Gasteiger partial charge is 0.310 e. The third-order valence-electron chi connectivity index (χ3n) is 6.19. The summed E-state index contributed by atoms with van der Waals surface area (Å²) in [6.45, 7) is 0.289. The molecular weight excluding hydrogens is 392 g/mol. The molecule has 2 aromatic rings. The van der Waals surface area contributed by atoms with Crippen molar-refractivity contribution in [2.75, 3.05) is 34.7 Å². The van der Waals surface area contributed by atoms with Crippen LogP contribution >= 0.6 is 0 Å². The van der Waals surface area contributed by atoms with E-state index in [9.17, 15) is 9.90 Å². The Morgan fingerprint density at radius 3 is 2.13 bits per heavy atom. The molecule has 5 rings (SSSR count). The van der Waals surface area contributed by atoms with Gasteiger partial charge in [0.05, 0.1) is 40.0 Å². The summed E-state index contributed by atoms with van der Waals surface area (Å²) in [6, 6.07) is 7.31. The molecule has 8 nitrogen and oxygen atoms in total. The Bertz CT molecular complexity index is 991. The Kier molecular flexibility index (Phi) is 4.39. The maximum absolute atomic E-state index is 12.7. The van der Waals surface area contributed by atoms with Crippen molar-refractivity contribution in [1.82, 2.24) is 0 Å². The molecule has 1 saturated heterocycles. The molecule has 0 radical (unpaired) electrons. The zero-order chi connectivity index (χ0) is 21.0. The molecule has 1 aliphatic carbocycles. The number of carbonyl (C=O) groups excluding carboxylic acids is 1. The van der Waals surface area contributed by atoms with Crippen molar-refractivity contribution in [2.24, 2.45) is 11.8 Å². The molecule has 1 N–H and O–H groups in total. The van der Waals surface area contributed by atoms with Crippen LogP contribution in [-0.4, -0.2) is 45.8 Å². The third-order valence-corrected chi connectivity index (χ3v) is 6.19. The van der Waals surface area contributed by atoms with Gasteiger partial charge in [0.25, 0.3) is 0 Å². The monoisotopic (exact) mass is 414 g/mol.